The van der Waals surface area contributed by atoms with Crippen molar-refractivity contribution in [3.05, 3.63) is 16.9 Å². The molecular formula is C12H22ClN3O2. The number of hydrogen-bond acceptors (Lipinski definition) is 4. The normalized spacial score (nSPS) is 12.9. The standard InChI is InChI=1S/C12H22ClN3O2/c1-4-18-7-5-11(14-2)12-10(13)9-15-16(12)6-8-17-3/h9,11,14H,4-8H2,1-3H3. The first-order valence-corrected chi connectivity index (χ1v) is 6.57. The SMILES string of the molecule is CCOCCC(NC)c1c(Cl)cnn1CCOC. The number of rotatable bonds is 9. The zero-order valence-electron chi connectivity index (χ0n) is 11.3. The van der Waals surface area contributed by atoms with Crippen LogP contribution < -0.4 is 5.32 Å². The lowest BCUT2D eigenvalue weighted by Crippen LogP contribution is -2.23. The molecule has 0 radical (unpaired) electrons. The Bertz CT molecular complexity index is 344. The van der Waals surface area contributed by atoms with E-state index in [1.807, 2.05) is 18.7 Å². The highest BCUT2D eigenvalue weighted by Crippen LogP contribution is 2.24. The summed E-state index contributed by atoms with van der Waals surface area (Å²) >= 11 is 6.21. The Balaban J connectivity index is 2.73. The molecule has 0 aliphatic rings. The Kier molecular flexibility index (Phi) is 7.27. The number of nitrogens with zero attached hydrogens (tertiary/aromatic N) is 2. The highest BCUT2D eigenvalue weighted by atomic mass is 35.5. The zero-order chi connectivity index (χ0) is 13.4. The van der Waals surface area contributed by atoms with Gasteiger partial charge in [0.25, 0.3) is 0 Å². The van der Waals surface area contributed by atoms with Crippen LogP contribution in [0.3, 0.4) is 0 Å². The third-order valence-corrected chi connectivity index (χ3v) is 3.07. The second kappa shape index (κ2) is 8.48. The Morgan fingerprint density at radius 1 is 1.50 bits per heavy atom. The summed E-state index contributed by atoms with van der Waals surface area (Å²) < 4.78 is 12.3. The smallest absolute Gasteiger partial charge is 0.0834 e. The number of halogens is 1. The summed E-state index contributed by atoms with van der Waals surface area (Å²) in [5.74, 6) is 0. The molecule has 1 aromatic heterocycles. The largest absolute Gasteiger partial charge is 0.383 e. The second-order valence-electron chi connectivity index (χ2n) is 3.92. The summed E-state index contributed by atoms with van der Waals surface area (Å²) in [5.41, 5.74) is 0.996. The van der Waals surface area contributed by atoms with Crippen LogP contribution in [0, 0.1) is 0 Å². The van der Waals surface area contributed by atoms with Gasteiger partial charge in [-0.1, -0.05) is 11.6 Å². The van der Waals surface area contributed by atoms with Gasteiger partial charge in [0, 0.05) is 20.3 Å². The summed E-state index contributed by atoms with van der Waals surface area (Å²) in [5, 5.41) is 8.21. The maximum atomic E-state index is 6.21. The van der Waals surface area contributed by atoms with E-state index in [2.05, 4.69) is 10.4 Å². The molecule has 1 heterocycles. The van der Waals surface area contributed by atoms with E-state index in [-0.39, 0.29) is 6.04 Å². The minimum absolute atomic E-state index is 0.142. The molecular weight excluding hydrogens is 254 g/mol. The van der Waals surface area contributed by atoms with Crippen molar-refractivity contribution in [2.75, 3.05) is 34.0 Å². The van der Waals surface area contributed by atoms with Crippen LogP contribution in [-0.2, 0) is 16.0 Å². The van der Waals surface area contributed by atoms with Gasteiger partial charge in [-0.15, -0.1) is 0 Å². The topological polar surface area (TPSA) is 48.3 Å². The van der Waals surface area contributed by atoms with Crippen LogP contribution in [0.1, 0.15) is 25.1 Å². The number of aromatic nitrogens is 2. The van der Waals surface area contributed by atoms with Crippen molar-refractivity contribution in [2.24, 2.45) is 0 Å². The van der Waals surface area contributed by atoms with Crippen LogP contribution in [0.4, 0.5) is 0 Å². The van der Waals surface area contributed by atoms with Gasteiger partial charge in [-0.05, 0) is 20.4 Å². The quantitative estimate of drug-likeness (QED) is 0.699. The first-order valence-electron chi connectivity index (χ1n) is 6.19. The molecule has 0 aliphatic carbocycles. The molecule has 1 aromatic rings. The monoisotopic (exact) mass is 275 g/mol. The van der Waals surface area contributed by atoms with Crippen LogP contribution in [0.25, 0.3) is 0 Å². The molecule has 6 heteroatoms. The highest BCUT2D eigenvalue weighted by molar-refractivity contribution is 6.31. The first kappa shape index (κ1) is 15.4. The van der Waals surface area contributed by atoms with Crippen molar-refractivity contribution in [2.45, 2.75) is 25.9 Å². The number of methoxy groups -OCH3 is 1. The van der Waals surface area contributed by atoms with Crippen LogP contribution >= 0.6 is 11.6 Å². The number of nitrogens with one attached hydrogen (secondary N) is 1. The number of ether oxygens (including phenoxy) is 2. The molecule has 0 fully saturated rings. The van der Waals surface area contributed by atoms with E-state index < -0.39 is 0 Å². The fourth-order valence-electron chi connectivity index (χ4n) is 1.84. The van der Waals surface area contributed by atoms with E-state index in [4.69, 9.17) is 21.1 Å². The molecule has 0 saturated carbocycles. The van der Waals surface area contributed by atoms with Gasteiger partial charge in [-0.2, -0.15) is 5.10 Å². The molecule has 0 amide bonds. The maximum absolute atomic E-state index is 6.21. The van der Waals surface area contributed by atoms with Crippen molar-refractivity contribution in [1.29, 1.82) is 0 Å². The predicted molar refractivity (Wildman–Crippen MR) is 72.0 cm³/mol. The van der Waals surface area contributed by atoms with E-state index in [1.54, 1.807) is 13.3 Å². The fourth-order valence-corrected chi connectivity index (χ4v) is 2.11. The summed E-state index contributed by atoms with van der Waals surface area (Å²) in [6, 6.07) is 0.142. The van der Waals surface area contributed by atoms with Crippen LogP contribution in [0.2, 0.25) is 5.02 Å². The number of hydrogen-bond donors (Lipinski definition) is 1. The molecule has 18 heavy (non-hydrogen) atoms. The Morgan fingerprint density at radius 2 is 2.28 bits per heavy atom. The van der Waals surface area contributed by atoms with Crippen molar-refractivity contribution in [3.63, 3.8) is 0 Å². The Hall–Kier alpha value is -0.620. The average Bonchev–Trinajstić information content (AvgIpc) is 2.74. The van der Waals surface area contributed by atoms with Gasteiger partial charge in [-0.3, -0.25) is 4.68 Å². The van der Waals surface area contributed by atoms with E-state index in [0.29, 0.717) is 24.8 Å². The molecule has 0 aliphatic heterocycles. The lowest BCUT2D eigenvalue weighted by Gasteiger charge is -2.18. The van der Waals surface area contributed by atoms with Crippen LogP contribution in [0.15, 0.2) is 6.20 Å². The predicted octanol–water partition coefficient (Wildman–Crippen LogP) is 1.87. The molecule has 1 unspecified atom stereocenters. The summed E-state index contributed by atoms with van der Waals surface area (Å²) in [4.78, 5) is 0. The molecule has 0 bridgehead atoms. The molecule has 0 spiro atoms. The summed E-state index contributed by atoms with van der Waals surface area (Å²) in [7, 11) is 3.59. The molecule has 1 rings (SSSR count). The maximum Gasteiger partial charge on any atom is 0.0834 e. The van der Waals surface area contributed by atoms with E-state index in [0.717, 1.165) is 18.7 Å². The van der Waals surface area contributed by atoms with Crippen molar-refractivity contribution in [1.82, 2.24) is 15.1 Å². The molecule has 104 valence electrons. The molecule has 1 N–H and O–H groups in total. The lowest BCUT2D eigenvalue weighted by molar-refractivity contribution is 0.135. The van der Waals surface area contributed by atoms with Gasteiger partial charge >= 0.3 is 0 Å². The average molecular weight is 276 g/mol. The van der Waals surface area contributed by atoms with E-state index >= 15 is 0 Å². The third kappa shape index (κ3) is 4.24. The van der Waals surface area contributed by atoms with Crippen molar-refractivity contribution in [3.8, 4) is 0 Å². The van der Waals surface area contributed by atoms with E-state index in [1.165, 1.54) is 0 Å². The summed E-state index contributed by atoms with van der Waals surface area (Å²) in [6.07, 6.45) is 2.54. The zero-order valence-corrected chi connectivity index (χ0v) is 12.0. The fraction of sp³-hybridized carbons (Fsp3) is 0.750. The van der Waals surface area contributed by atoms with Gasteiger partial charge in [0.05, 0.1) is 36.1 Å². The molecule has 5 nitrogen and oxygen atoms in total. The van der Waals surface area contributed by atoms with E-state index in [9.17, 15) is 0 Å². The second-order valence-corrected chi connectivity index (χ2v) is 4.33. The molecule has 0 aromatic carbocycles. The lowest BCUT2D eigenvalue weighted by atomic mass is 10.1. The van der Waals surface area contributed by atoms with Gasteiger partial charge in [0.1, 0.15) is 0 Å². The minimum Gasteiger partial charge on any atom is -0.383 e. The van der Waals surface area contributed by atoms with Crippen molar-refractivity contribution < 1.29 is 9.47 Å². The Labute approximate surface area is 113 Å². The van der Waals surface area contributed by atoms with Gasteiger partial charge in [0.15, 0.2) is 0 Å². The van der Waals surface area contributed by atoms with Gasteiger partial charge in [0.2, 0.25) is 0 Å². The first-order chi connectivity index (χ1) is 8.74. The van der Waals surface area contributed by atoms with Gasteiger partial charge in [-0.25, -0.2) is 0 Å². The minimum atomic E-state index is 0.142. The highest BCUT2D eigenvalue weighted by Gasteiger charge is 2.18. The summed E-state index contributed by atoms with van der Waals surface area (Å²) in [6.45, 7) is 4.74. The van der Waals surface area contributed by atoms with Crippen molar-refractivity contribution >= 4 is 11.6 Å². The van der Waals surface area contributed by atoms with Crippen LogP contribution in [0.5, 0.6) is 0 Å². The molecule has 1 atom stereocenters. The third-order valence-electron chi connectivity index (χ3n) is 2.77. The van der Waals surface area contributed by atoms with Crippen LogP contribution in [-0.4, -0.2) is 43.8 Å². The van der Waals surface area contributed by atoms with Gasteiger partial charge < -0.3 is 14.8 Å². The Morgan fingerprint density at radius 3 is 2.89 bits per heavy atom. The molecule has 0 saturated heterocycles.